The summed E-state index contributed by atoms with van der Waals surface area (Å²) in [5.41, 5.74) is 4.95. The van der Waals surface area contributed by atoms with Crippen molar-refractivity contribution in [2.45, 2.75) is 13.5 Å². The van der Waals surface area contributed by atoms with Gasteiger partial charge in [-0.1, -0.05) is 42.2 Å². The van der Waals surface area contributed by atoms with Gasteiger partial charge < -0.3 is 15.2 Å². The van der Waals surface area contributed by atoms with Crippen molar-refractivity contribution in [3.8, 4) is 11.8 Å². The summed E-state index contributed by atoms with van der Waals surface area (Å²) in [7, 11) is 0. The molecule has 5 rings (SSSR count). The smallest absolute Gasteiger partial charge is 0.217 e. The number of nitrogens with one attached hydrogen (secondary N) is 2. The monoisotopic (exact) mass is 452 g/mol. The number of hydrogen-bond acceptors (Lipinski definition) is 6. The molecule has 3 heterocycles. The standard InChI is InChI=1S/C25H20N6OS/c1-17(32)26-11-5-8-20-13-22-24(33-20)25(28-15-27-22)30-19-9-10-23-21(12-19)29-16-31(23)14-18-6-3-2-4-7-18/h2-4,6-7,9-10,12-13,15-16H,11,14H2,1H3,(H,26,32)(H,27,28,30). The van der Waals surface area contributed by atoms with E-state index in [0.29, 0.717) is 6.54 Å². The molecule has 2 N–H and O–H groups in total. The second kappa shape index (κ2) is 9.10. The number of aromatic nitrogens is 4. The Morgan fingerprint density at radius 1 is 1.06 bits per heavy atom. The van der Waals surface area contributed by atoms with Crippen molar-refractivity contribution >= 4 is 50.0 Å². The van der Waals surface area contributed by atoms with Gasteiger partial charge in [0.25, 0.3) is 0 Å². The number of carbonyl (C=O) groups excluding carboxylic acids is 1. The third kappa shape index (κ3) is 4.68. The Balaban J connectivity index is 1.37. The van der Waals surface area contributed by atoms with Gasteiger partial charge >= 0.3 is 0 Å². The third-order valence-electron chi connectivity index (χ3n) is 5.03. The summed E-state index contributed by atoms with van der Waals surface area (Å²) in [6.45, 7) is 2.56. The van der Waals surface area contributed by atoms with Crippen molar-refractivity contribution in [1.82, 2.24) is 24.8 Å². The van der Waals surface area contributed by atoms with Gasteiger partial charge in [-0.3, -0.25) is 4.79 Å². The van der Waals surface area contributed by atoms with E-state index in [4.69, 9.17) is 0 Å². The first-order chi connectivity index (χ1) is 16.2. The molecular weight excluding hydrogens is 432 g/mol. The zero-order chi connectivity index (χ0) is 22.6. The molecule has 0 unspecified atom stereocenters. The maximum atomic E-state index is 11.0. The molecule has 3 aromatic heterocycles. The lowest BCUT2D eigenvalue weighted by Crippen LogP contribution is -2.19. The lowest BCUT2D eigenvalue weighted by atomic mass is 10.2. The lowest BCUT2D eigenvalue weighted by molar-refractivity contribution is -0.118. The molecule has 0 aliphatic rings. The molecule has 1 amide bonds. The normalized spacial score (nSPS) is 10.7. The van der Waals surface area contributed by atoms with Crippen LogP contribution in [0, 0.1) is 11.8 Å². The van der Waals surface area contributed by atoms with E-state index in [1.807, 2.05) is 42.7 Å². The number of hydrogen-bond donors (Lipinski definition) is 2. The minimum atomic E-state index is -0.0974. The van der Waals surface area contributed by atoms with E-state index in [9.17, 15) is 4.79 Å². The Kier molecular flexibility index (Phi) is 5.70. The van der Waals surface area contributed by atoms with E-state index in [2.05, 4.69) is 60.2 Å². The summed E-state index contributed by atoms with van der Waals surface area (Å²) in [5, 5.41) is 6.07. The number of amides is 1. The minimum Gasteiger partial charge on any atom is -0.345 e. The zero-order valence-electron chi connectivity index (χ0n) is 17.9. The fourth-order valence-electron chi connectivity index (χ4n) is 3.49. The molecule has 0 fully saturated rings. The van der Waals surface area contributed by atoms with Crippen LogP contribution in [0.5, 0.6) is 0 Å². The van der Waals surface area contributed by atoms with Crippen LogP contribution >= 0.6 is 11.3 Å². The molecule has 0 saturated heterocycles. The van der Waals surface area contributed by atoms with Gasteiger partial charge in [0, 0.05) is 19.2 Å². The maximum Gasteiger partial charge on any atom is 0.217 e. The van der Waals surface area contributed by atoms with E-state index in [-0.39, 0.29) is 5.91 Å². The van der Waals surface area contributed by atoms with Crippen LogP contribution in [0.4, 0.5) is 11.5 Å². The van der Waals surface area contributed by atoms with Crippen LogP contribution in [0.1, 0.15) is 17.4 Å². The molecule has 0 saturated carbocycles. The molecule has 0 radical (unpaired) electrons. The predicted octanol–water partition coefficient (Wildman–Crippen LogP) is 4.32. The van der Waals surface area contributed by atoms with E-state index in [0.717, 1.165) is 44.2 Å². The highest BCUT2D eigenvalue weighted by Gasteiger charge is 2.10. The van der Waals surface area contributed by atoms with E-state index in [1.165, 1.54) is 23.8 Å². The molecule has 2 aromatic carbocycles. The first-order valence-electron chi connectivity index (χ1n) is 10.4. The lowest BCUT2D eigenvalue weighted by Gasteiger charge is -2.07. The molecule has 162 valence electrons. The number of nitrogens with zero attached hydrogens (tertiary/aromatic N) is 4. The van der Waals surface area contributed by atoms with E-state index in [1.54, 1.807) is 6.33 Å². The quantitative estimate of drug-likeness (QED) is 0.388. The van der Waals surface area contributed by atoms with Crippen molar-refractivity contribution in [1.29, 1.82) is 0 Å². The van der Waals surface area contributed by atoms with Crippen molar-refractivity contribution in [3.63, 3.8) is 0 Å². The molecule has 8 heteroatoms. The van der Waals surface area contributed by atoms with Gasteiger partial charge in [0.15, 0.2) is 5.82 Å². The second-order valence-electron chi connectivity index (χ2n) is 7.45. The SMILES string of the molecule is CC(=O)NCC#Cc1cc2ncnc(Nc3ccc4c(c3)ncn4Cc3ccccc3)c2s1. The highest BCUT2D eigenvalue weighted by Crippen LogP contribution is 2.31. The first-order valence-corrected chi connectivity index (χ1v) is 11.2. The van der Waals surface area contributed by atoms with Crippen LogP contribution in [-0.4, -0.2) is 32.0 Å². The average molecular weight is 453 g/mol. The highest BCUT2D eigenvalue weighted by molar-refractivity contribution is 7.20. The topological polar surface area (TPSA) is 84.7 Å². The van der Waals surface area contributed by atoms with Crippen molar-refractivity contribution in [3.05, 3.63) is 77.7 Å². The maximum absolute atomic E-state index is 11.0. The molecule has 0 atom stereocenters. The molecule has 0 bridgehead atoms. The minimum absolute atomic E-state index is 0.0974. The zero-order valence-corrected chi connectivity index (χ0v) is 18.7. The van der Waals surface area contributed by atoms with E-state index < -0.39 is 0 Å². The largest absolute Gasteiger partial charge is 0.345 e. The van der Waals surface area contributed by atoms with Crippen molar-refractivity contribution in [2.24, 2.45) is 0 Å². The summed E-state index contributed by atoms with van der Waals surface area (Å²) < 4.78 is 3.07. The van der Waals surface area contributed by atoms with Crippen LogP contribution in [0.25, 0.3) is 21.3 Å². The second-order valence-corrected chi connectivity index (χ2v) is 8.50. The summed E-state index contributed by atoms with van der Waals surface area (Å²) in [4.78, 5) is 25.2. The Bertz CT molecular complexity index is 1510. The van der Waals surface area contributed by atoms with Crippen LogP contribution in [0.15, 0.2) is 67.3 Å². The number of carbonyl (C=O) groups is 1. The van der Waals surface area contributed by atoms with Gasteiger partial charge in [-0.25, -0.2) is 15.0 Å². The summed E-state index contributed by atoms with van der Waals surface area (Å²) in [5.74, 6) is 6.65. The molecule has 33 heavy (non-hydrogen) atoms. The van der Waals surface area contributed by atoms with Crippen LogP contribution < -0.4 is 10.6 Å². The van der Waals surface area contributed by atoms with Gasteiger partial charge in [-0.15, -0.1) is 11.3 Å². The Hall–Kier alpha value is -4.22. The third-order valence-corrected chi connectivity index (χ3v) is 6.07. The molecule has 5 aromatic rings. The Morgan fingerprint density at radius 2 is 1.94 bits per heavy atom. The van der Waals surface area contributed by atoms with Gasteiger partial charge in [0.1, 0.15) is 6.33 Å². The highest BCUT2D eigenvalue weighted by atomic mass is 32.1. The van der Waals surface area contributed by atoms with E-state index >= 15 is 0 Å². The van der Waals surface area contributed by atoms with Gasteiger partial charge in [-0.05, 0) is 29.8 Å². The molecule has 0 aliphatic carbocycles. The fourth-order valence-corrected chi connectivity index (χ4v) is 4.42. The fraction of sp³-hybridized carbons (Fsp3) is 0.120. The van der Waals surface area contributed by atoms with Crippen molar-refractivity contribution < 1.29 is 4.79 Å². The molecule has 7 nitrogen and oxygen atoms in total. The Labute approximate surface area is 194 Å². The molecular formula is C25H20N6OS. The summed E-state index contributed by atoms with van der Waals surface area (Å²) in [6, 6.07) is 18.4. The number of rotatable bonds is 5. The summed E-state index contributed by atoms with van der Waals surface area (Å²) in [6.07, 6.45) is 3.41. The van der Waals surface area contributed by atoms with Crippen molar-refractivity contribution in [2.75, 3.05) is 11.9 Å². The number of fused-ring (bicyclic) bond motifs is 2. The number of thiophene rings is 1. The van der Waals surface area contributed by atoms with Crippen LogP contribution in [0.2, 0.25) is 0 Å². The molecule has 0 spiro atoms. The number of imidazole rings is 1. The molecule has 0 aliphatic heterocycles. The average Bonchev–Trinajstić information content (AvgIpc) is 3.42. The van der Waals surface area contributed by atoms with Gasteiger partial charge in [0.2, 0.25) is 5.91 Å². The predicted molar refractivity (Wildman–Crippen MR) is 132 cm³/mol. The van der Waals surface area contributed by atoms with Crippen LogP contribution in [0.3, 0.4) is 0 Å². The van der Waals surface area contributed by atoms with Gasteiger partial charge in [-0.2, -0.15) is 0 Å². The Morgan fingerprint density at radius 3 is 2.79 bits per heavy atom. The van der Waals surface area contributed by atoms with Gasteiger partial charge in [0.05, 0.1) is 39.0 Å². The number of benzene rings is 2. The summed E-state index contributed by atoms with van der Waals surface area (Å²) >= 11 is 1.52. The number of anilines is 2. The van der Waals surface area contributed by atoms with Crippen LogP contribution in [-0.2, 0) is 11.3 Å². The first kappa shape index (κ1) is 20.7.